The zero-order chi connectivity index (χ0) is 12.4. The average Bonchev–Trinajstić information content (AvgIpc) is 2.75. The number of rotatable bonds is 3. The summed E-state index contributed by atoms with van der Waals surface area (Å²) < 4.78 is 11.4. The zero-order valence-electron chi connectivity index (χ0n) is 9.90. The topological polar surface area (TPSA) is 35.5 Å². The molecule has 1 saturated heterocycles. The number of hydrogen-bond acceptors (Lipinski definition) is 3. The van der Waals surface area contributed by atoms with Crippen molar-refractivity contribution >= 4 is 21.7 Å². The highest BCUT2D eigenvalue weighted by Crippen LogP contribution is 2.29. The van der Waals surface area contributed by atoms with E-state index in [1.54, 1.807) is 19.2 Å². The Morgan fingerprint density at radius 3 is 2.82 bits per heavy atom. The van der Waals surface area contributed by atoms with Gasteiger partial charge in [0.15, 0.2) is 5.78 Å². The van der Waals surface area contributed by atoms with Crippen LogP contribution in [0.5, 0.6) is 5.75 Å². The first-order valence-electron chi connectivity index (χ1n) is 5.61. The normalized spacial score (nSPS) is 23.7. The Hall–Kier alpha value is -0.870. The maximum Gasteiger partial charge on any atom is 0.168 e. The molecule has 0 saturated carbocycles. The van der Waals surface area contributed by atoms with Crippen LogP contribution < -0.4 is 4.74 Å². The van der Waals surface area contributed by atoms with E-state index in [-0.39, 0.29) is 17.8 Å². The smallest absolute Gasteiger partial charge is 0.168 e. The first kappa shape index (κ1) is 12.6. The Bertz CT molecular complexity index is 431. The molecule has 4 heteroatoms. The number of carbonyl (C=O) groups is 1. The minimum atomic E-state index is -0.00899. The monoisotopic (exact) mass is 298 g/mol. The van der Waals surface area contributed by atoms with E-state index in [9.17, 15) is 4.79 Å². The third kappa shape index (κ3) is 2.69. The number of halogens is 1. The van der Waals surface area contributed by atoms with Gasteiger partial charge in [-0.1, -0.05) is 0 Å². The van der Waals surface area contributed by atoms with Crippen LogP contribution in [0.3, 0.4) is 0 Å². The van der Waals surface area contributed by atoms with Crippen molar-refractivity contribution in [1.82, 2.24) is 0 Å². The third-order valence-electron chi connectivity index (χ3n) is 3.01. The average molecular weight is 299 g/mol. The van der Waals surface area contributed by atoms with E-state index in [2.05, 4.69) is 15.9 Å². The summed E-state index contributed by atoms with van der Waals surface area (Å²) in [4.78, 5) is 12.2. The lowest BCUT2D eigenvalue weighted by Gasteiger charge is -2.09. The highest BCUT2D eigenvalue weighted by Gasteiger charge is 2.29. The molecule has 1 aromatic carbocycles. The number of benzene rings is 1. The van der Waals surface area contributed by atoms with Gasteiger partial charge in [0.05, 0.1) is 24.3 Å². The molecular weight excluding hydrogens is 284 g/mol. The number of methoxy groups -OCH3 is 1. The predicted octanol–water partition coefficient (Wildman–Crippen LogP) is 3.07. The van der Waals surface area contributed by atoms with Crippen molar-refractivity contribution in [2.45, 2.75) is 19.4 Å². The molecule has 0 spiro atoms. The fraction of sp³-hybridized carbons (Fsp3) is 0.462. The van der Waals surface area contributed by atoms with Crippen molar-refractivity contribution in [2.24, 2.45) is 5.92 Å². The second-order valence-electron chi connectivity index (χ2n) is 4.29. The van der Waals surface area contributed by atoms with Gasteiger partial charge in [-0.05, 0) is 47.5 Å². The fourth-order valence-electron chi connectivity index (χ4n) is 2.06. The number of ether oxygens (including phenoxy) is 2. The summed E-state index contributed by atoms with van der Waals surface area (Å²) in [6.45, 7) is 2.53. The molecule has 0 bridgehead atoms. The number of hydrogen-bond donors (Lipinski definition) is 0. The Morgan fingerprint density at radius 2 is 2.29 bits per heavy atom. The van der Waals surface area contributed by atoms with E-state index >= 15 is 0 Å². The van der Waals surface area contributed by atoms with Crippen molar-refractivity contribution in [3.63, 3.8) is 0 Å². The fourth-order valence-corrected chi connectivity index (χ4v) is 2.60. The Balaban J connectivity index is 2.17. The summed E-state index contributed by atoms with van der Waals surface area (Å²) in [5, 5.41) is 0. The molecule has 2 unspecified atom stereocenters. The summed E-state index contributed by atoms with van der Waals surface area (Å²) >= 11 is 3.39. The predicted molar refractivity (Wildman–Crippen MR) is 68.5 cm³/mol. The van der Waals surface area contributed by atoms with Crippen molar-refractivity contribution in [3.8, 4) is 5.75 Å². The third-order valence-corrected chi connectivity index (χ3v) is 3.63. The lowest BCUT2D eigenvalue weighted by Crippen LogP contribution is -2.14. The van der Waals surface area contributed by atoms with Gasteiger partial charge >= 0.3 is 0 Å². The molecule has 0 radical (unpaired) electrons. The van der Waals surface area contributed by atoms with E-state index in [1.165, 1.54) is 0 Å². The first-order chi connectivity index (χ1) is 8.11. The van der Waals surface area contributed by atoms with Crippen molar-refractivity contribution in [1.29, 1.82) is 0 Å². The minimum absolute atomic E-state index is 0.00899. The van der Waals surface area contributed by atoms with Gasteiger partial charge in [-0.3, -0.25) is 4.79 Å². The van der Waals surface area contributed by atoms with E-state index in [4.69, 9.17) is 9.47 Å². The Kier molecular flexibility index (Phi) is 3.84. The van der Waals surface area contributed by atoms with Gasteiger partial charge in [-0.15, -0.1) is 0 Å². The molecule has 17 heavy (non-hydrogen) atoms. The maximum absolute atomic E-state index is 12.2. The summed E-state index contributed by atoms with van der Waals surface area (Å²) in [6, 6.07) is 5.41. The van der Waals surface area contributed by atoms with E-state index < -0.39 is 0 Å². The van der Waals surface area contributed by atoms with Crippen LogP contribution in [0.2, 0.25) is 0 Å². The molecule has 92 valence electrons. The largest absolute Gasteiger partial charge is 0.496 e. The second-order valence-corrected chi connectivity index (χ2v) is 5.14. The lowest BCUT2D eigenvalue weighted by molar-refractivity contribution is 0.0877. The molecule has 0 aliphatic carbocycles. The van der Waals surface area contributed by atoms with Gasteiger partial charge in [0, 0.05) is 11.5 Å². The van der Waals surface area contributed by atoms with Crippen LogP contribution in [0, 0.1) is 5.92 Å². The standard InChI is InChI=1S/C13H15BrO3/c1-8-5-10(7-17-8)13(15)9-3-4-12(16-2)11(14)6-9/h3-4,6,8,10H,5,7H2,1-2H3. The van der Waals surface area contributed by atoms with E-state index in [0.717, 1.165) is 16.6 Å². The summed E-state index contributed by atoms with van der Waals surface area (Å²) in [7, 11) is 1.61. The summed E-state index contributed by atoms with van der Waals surface area (Å²) in [5.41, 5.74) is 0.709. The quantitative estimate of drug-likeness (QED) is 0.805. The second kappa shape index (κ2) is 5.19. The molecule has 2 atom stereocenters. The highest BCUT2D eigenvalue weighted by molar-refractivity contribution is 9.10. The molecule has 0 amide bonds. The molecule has 1 aliphatic heterocycles. The molecule has 1 fully saturated rings. The van der Waals surface area contributed by atoms with Crippen LogP contribution in [0.25, 0.3) is 0 Å². The maximum atomic E-state index is 12.2. The highest BCUT2D eigenvalue weighted by atomic mass is 79.9. The van der Waals surface area contributed by atoms with Crippen molar-refractivity contribution < 1.29 is 14.3 Å². The van der Waals surface area contributed by atoms with Crippen LogP contribution in [0.15, 0.2) is 22.7 Å². The van der Waals surface area contributed by atoms with Gasteiger partial charge in [-0.2, -0.15) is 0 Å². The van der Waals surface area contributed by atoms with Gasteiger partial charge in [0.1, 0.15) is 5.75 Å². The van der Waals surface area contributed by atoms with Gasteiger partial charge in [0.2, 0.25) is 0 Å². The van der Waals surface area contributed by atoms with Crippen LogP contribution in [-0.2, 0) is 4.74 Å². The van der Waals surface area contributed by atoms with E-state index in [1.807, 2.05) is 13.0 Å². The molecule has 0 N–H and O–H groups in total. The number of ketones is 1. The van der Waals surface area contributed by atoms with Crippen molar-refractivity contribution in [3.05, 3.63) is 28.2 Å². The minimum Gasteiger partial charge on any atom is -0.496 e. The van der Waals surface area contributed by atoms with Crippen LogP contribution >= 0.6 is 15.9 Å². The van der Waals surface area contributed by atoms with Crippen LogP contribution in [0.4, 0.5) is 0 Å². The van der Waals surface area contributed by atoms with Crippen LogP contribution in [0.1, 0.15) is 23.7 Å². The lowest BCUT2D eigenvalue weighted by atomic mass is 9.95. The Morgan fingerprint density at radius 1 is 1.53 bits per heavy atom. The Labute approximate surface area is 109 Å². The molecule has 2 rings (SSSR count). The van der Waals surface area contributed by atoms with Gasteiger partial charge < -0.3 is 9.47 Å². The van der Waals surface area contributed by atoms with E-state index in [0.29, 0.717) is 12.2 Å². The SMILES string of the molecule is COc1ccc(C(=O)C2COC(C)C2)cc1Br. The molecule has 1 aromatic rings. The molecule has 1 heterocycles. The zero-order valence-corrected chi connectivity index (χ0v) is 11.5. The molecule has 3 nitrogen and oxygen atoms in total. The molecule has 0 aromatic heterocycles. The van der Waals surface area contributed by atoms with Crippen LogP contribution in [-0.4, -0.2) is 25.6 Å². The van der Waals surface area contributed by atoms with Crippen molar-refractivity contribution in [2.75, 3.05) is 13.7 Å². The molecule has 1 aliphatic rings. The molecular formula is C13H15BrO3. The van der Waals surface area contributed by atoms with Gasteiger partial charge in [-0.25, -0.2) is 0 Å². The number of Topliss-reactive ketones (excluding diaryl/α,β-unsaturated/α-hetero) is 1. The first-order valence-corrected chi connectivity index (χ1v) is 6.40. The van der Waals surface area contributed by atoms with Gasteiger partial charge in [0.25, 0.3) is 0 Å². The number of carbonyl (C=O) groups excluding carboxylic acids is 1. The summed E-state index contributed by atoms with van der Waals surface area (Å²) in [6.07, 6.45) is 0.994. The summed E-state index contributed by atoms with van der Waals surface area (Å²) in [5.74, 6) is 0.876.